The predicted molar refractivity (Wildman–Crippen MR) is 45.2 cm³/mol. The van der Waals surface area contributed by atoms with Crippen molar-refractivity contribution in [3.63, 3.8) is 0 Å². The predicted octanol–water partition coefficient (Wildman–Crippen LogP) is -0.603. The van der Waals surface area contributed by atoms with Gasteiger partial charge in [-0.3, -0.25) is 19.7 Å². The van der Waals surface area contributed by atoms with Gasteiger partial charge in [0, 0.05) is 18.8 Å². The van der Waals surface area contributed by atoms with Gasteiger partial charge in [-0.05, 0) is 6.42 Å². The largest absolute Gasteiger partial charge is 0.360 e. The van der Waals surface area contributed by atoms with Crippen molar-refractivity contribution in [3.05, 3.63) is 0 Å². The molecule has 2 aliphatic rings. The van der Waals surface area contributed by atoms with Gasteiger partial charge in [0.25, 0.3) is 5.91 Å². The highest BCUT2D eigenvalue weighted by molar-refractivity contribution is 6.00. The summed E-state index contributed by atoms with van der Waals surface area (Å²) in [5.41, 5.74) is 0. The number of rotatable bonds is 0. The average Bonchev–Trinajstić information content (AvgIpc) is 2.28. The smallest absolute Gasteiger partial charge is 0.255 e. The number of hydrogen-bond donors (Lipinski definition) is 1. The highest BCUT2D eigenvalue weighted by Gasteiger charge is 2.38. The van der Waals surface area contributed by atoms with E-state index in [4.69, 9.17) is 4.74 Å². The summed E-state index contributed by atoms with van der Waals surface area (Å²) in [6.07, 6.45) is 0.646. The molecule has 2 fully saturated rings. The molecule has 2 rings (SSSR count). The number of nitrogens with one attached hydrogen (secondary N) is 1. The molecule has 0 radical (unpaired) electrons. The van der Waals surface area contributed by atoms with E-state index in [1.54, 1.807) is 0 Å². The summed E-state index contributed by atoms with van der Waals surface area (Å²) in [4.78, 5) is 33.5. The van der Waals surface area contributed by atoms with Crippen LogP contribution in [-0.2, 0) is 19.1 Å². The van der Waals surface area contributed by atoms with Gasteiger partial charge < -0.3 is 4.74 Å². The molecule has 0 spiro atoms. The summed E-state index contributed by atoms with van der Waals surface area (Å²) in [6, 6.07) is 0. The molecule has 2 amide bonds. The second kappa shape index (κ2) is 3.49. The number of carbonyl (C=O) groups is 3. The molecule has 0 aromatic heterocycles. The van der Waals surface area contributed by atoms with Crippen molar-refractivity contribution in [1.29, 1.82) is 0 Å². The number of fused-ring (bicyclic) bond motifs is 1. The number of ether oxygens (including phenoxy) is 1. The molecule has 1 N–H and O–H groups in total. The lowest BCUT2D eigenvalue weighted by atomic mass is 9.90. The Morgan fingerprint density at radius 2 is 2.07 bits per heavy atom. The maximum Gasteiger partial charge on any atom is 0.255 e. The number of hydrogen-bond acceptors (Lipinski definition) is 4. The van der Waals surface area contributed by atoms with Crippen LogP contribution in [0, 0.1) is 5.92 Å². The number of amides is 2. The van der Waals surface area contributed by atoms with E-state index in [-0.39, 0.29) is 30.6 Å². The fourth-order valence-corrected chi connectivity index (χ4v) is 1.89. The van der Waals surface area contributed by atoms with E-state index in [0.717, 1.165) is 0 Å². The van der Waals surface area contributed by atoms with E-state index in [0.29, 0.717) is 12.8 Å². The standard InChI is InChI=1S/C9H11NO4/c11-6-2-1-5-3-7(12)10-9(13)8(5)14-4-6/h5,8H,1-4H2,(H,10,12,13). The molecule has 5 nitrogen and oxygen atoms in total. The number of ketones is 1. The fourth-order valence-electron chi connectivity index (χ4n) is 1.89. The second-order valence-electron chi connectivity index (χ2n) is 3.69. The first kappa shape index (κ1) is 9.33. The summed E-state index contributed by atoms with van der Waals surface area (Å²) in [5.74, 6) is -0.794. The molecule has 0 aliphatic carbocycles. The normalized spacial score (nSPS) is 33.3. The lowest BCUT2D eigenvalue weighted by molar-refractivity contribution is -0.147. The summed E-state index contributed by atoms with van der Waals surface area (Å²) in [7, 11) is 0. The van der Waals surface area contributed by atoms with Crippen molar-refractivity contribution in [1.82, 2.24) is 5.32 Å². The Bertz CT molecular complexity index is 299. The summed E-state index contributed by atoms with van der Waals surface area (Å²) in [6.45, 7) is -0.0111. The molecule has 0 aromatic carbocycles. The third-order valence-electron chi connectivity index (χ3n) is 2.61. The van der Waals surface area contributed by atoms with Crippen LogP contribution in [0.5, 0.6) is 0 Å². The average molecular weight is 197 g/mol. The second-order valence-corrected chi connectivity index (χ2v) is 3.69. The number of carbonyl (C=O) groups excluding carboxylic acids is 3. The zero-order valence-electron chi connectivity index (χ0n) is 7.62. The SMILES string of the molecule is O=C1CCC2CC(=O)NC(=O)C2OC1. The Balaban J connectivity index is 2.14. The molecule has 2 aliphatic heterocycles. The van der Waals surface area contributed by atoms with Gasteiger partial charge >= 0.3 is 0 Å². The minimum atomic E-state index is -0.612. The van der Waals surface area contributed by atoms with E-state index in [2.05, 4.69) is 5.32 Å². The summed E-state index contributed by atoms with van der Waals surface area (Å²) < 4.78 is 5.17. The Labute approximate surface area is 80.8 Å². The van der Waals surface area contributed by atoms with Crippen molar-refractivity contribution >= 4 is 17.6 Å². The molecule has 14 heavy (non-hydrogen) atoms. The molecular formula is C9H11NO4. The quantitative estimate of drug-likeness (QED) is 0.526. The van der Waals surface area contributed by atoms with Crippen LogP contribution in [0.15, 0.2) is 0 Å². The maximum absolute atomic E-state index is 11.3. The fraction of sp³-hybridized carbons (Fsp3) is 0.667. The highest BCUT2D eigenvalue weighted by Crippen LogP contribution is 2.25. The highest BCUT2D eigenvalue weighted by atomic mass is 16.5. The van der Waals surface area contributed by atoms with E-state index in [1.165, 1.54) is 0 Å². The lowest BCUT2D eigenvalue weighted by Gasteiger charge is -2.27. The Hall–Kier alpha value is -1.23. The van der Waals surface area contributed by atoms with Crippen LogP contribution in [0.1, 0.15) is 19.3 Å². The molecule has 0 bridgehead atoms. The van der Waals surface area contributed by atoms with E-state index in [1.807, 2.05) is 0 Å². The molecule has 2 atom stereocenters. The third-order valence-corrected chi connectivity index (χ3v) is 2.61. The molecule has 2 saturated heterocycles. The van der Waals surface area contributed by atoms with Crippen LogP contribution >= 0.6 is 0 Å². The van der Waals surface area contributed by atoms with Gasteiger partial charge in [-0.1, -0.05) is 0 Å². The zero-order chi connectivity index (χ0) is 10.1. The minimum Gasteiger partial charge on any atom is -0.360 e. The first-order valence-electron chi connectivity index (χ1n) is 4.64. The van der Waals surface area contributed by atoms with Gasteiger partial charge in [0.15, 0.2) is 5.78 Å². The Kier molecular flexibility index (Phi) is 2.33. The van der Waals surface area contributed by atoms with Gasteiger partial charge in [0.2, 0.25) is 5.91 Å². The van der Waals surface area contributed by atoms with E-state index in [9.17, 15) is 14.4 Å². The molecule has 5 heteroatoms. The molecule has 0 saturated carbocycles. The summed E-state index contributed by atoms with van der Waals surface area (Å²) >= 11 is 0. The zero-order valence-corrected chi connectivity index (χ0v) is 7.62. The van der Waals surface area contributed by atoms with Crippen LogP contribution < -0.4 is 5.32 Å². The lowest BCUT2D eigenvalue weighted by Crippen LogP contribution is -2.49. The van der Waals surface area contributed by atoms with Gasteiger partial charge in [-0.2, -0.15) is 0 Å². The van der Waals surface area contributed by atoms with Crippen molar-refractivity contribution in [2.45, 2.75) is 25.4 Å². The molecule has 0 aromatic rings. The van der Waals surface area contributed by atoms with E-state index >= 15 is 0 Å². The van der Waals surface area contributed by atoms with Crippen molar-refractivity contribution in [2.24, 2.45) is 5.92 Å². The number of imide groups is 1. The number of piperidine rings is 1. The van der Waals surface area contributed by atoms with Crippen LogP contribution in [-0.4, -0.2) is 30.3 Å². The van der Waals surface area contributed by atoms with E-state index < -0.39 is 12.0 Å². The van der Waals surface area contributed by atoms with Crippen molar-refractivity contribution < 1.29 is 19.1 Å². The third kappa shape index (κ3) is 1.68. The topological polar surface area (TPSA) is 72.5 Å². The van der Waals surface area contributed by atoms with Crippen molar-refractivity contribution in [2.75, 3.05) is 6.61 Å². The number of Topliss-reactive ketones (excluding diaryl/α,β-unsaturated/α-hetero) is 1. The molecular weight excluding hydrogens is 186 g/mol. The monoisotopic (exact) mass is 197 g/mol. The molecule has 2 unspecified atom stereocenters. The van der Waals surface area contributed by atoms with Gasteiger partial charge in [0.1, 0.15) is 12.7 Å². The van der Waals surface area contributed by atoms with Gasteiger partial charge in [0.05, 0.1) is 0 Å². The first-order chi connectivity index (χ1) is 6.66. The van der Waals surface area contributed by atoms with Crippen LogP contribution in [0.2, 0.25) is 0 Å². The van der Waals surface area contributed by atoms with Crippen LogP contribution in [0.25, 0.3) is 0 Å². The molecule has 76 valence electrons. The van der Waals surface area contributed by atoms with Crippen LogP contribution in [0.3, 0.4) is 0 Å². The minimum absolute atomic E-state index is 0.000325. The Morgan fingerprint density at radius 1 is 1.29 bits per heavy atom. The van der Waals surface area contributed by atoms with Crippen molar-refractivity contribution in [3.8, 4) is 0 Å². The van der Waals surface area contributed by atoms with Gasteiger partial charge in [-0.25, -0.2) is 0 Å². The molecule has 2 heterocycles. The van der Waals surface area contributed by atoms with Gasteiger partial charge in [-0.15, -0.1) is 0 Å². The summed E-state index contributed by atoms with van der Waals surface area (Å²) in [5, 5.41) is 2.21. The maximum atomic E-state index is 11.3. The first-order valence-corrected chi connectivity index (χ1v) is 4.64. The van der Waals surface area contributed by atoms with Crippen LogP contribution in [0.4, 0.5) is 0 Å². The Morgan fingerprint density at radius 3 is 2.86 bits per heavy atom.